The van der Waals surface area contributed by atoms with Crippen LogP contribution in [0.25, 0.3) is 11.1 Å². The van der Waals surface area contributed by atoms with E-state index in [1.54, 1.807) is 30.3 Å². The Kier molecular flexibility index (Phi) is 6.69. The minimum absolute atomic E-state index is 0.0378. The van der Waals surface area contributed by atoms with Crippen LogP contribution in [0.3, 0.4) is 0 Å². The molecule has 0 saturated heterocycles. The van der Waals surface area contributed by atoms with Crippen molar-refractivity contribution in [1.29, 1.82) is 0 Å². The molecule has 3 aromatic rings. The lowest BCUT2D eigenvalue weighted by atomic mass is 9.98. The molecule has 2 amide bonds. The van der Waals surface area contributed by atoms with Gasteiger partial charge < -0.3 is 20.5 Å². The van der Waals surface area contributed by atoms with Gasteiger partial charge in [-0.2, -0.15) is 0 Å². The molecular weight excluding hydrogens is 420 g/mol. The van der Waals surface area contributed by atoms with Gasteiger partial charge in [0.2, 0.25) is 5.91 Å². The molecule has 4 rings (SSSR count). The van der Waals surface area contributed by atoms with Gasteiger partial charge in [0, 0.05) is 12.5 Å². The predicted molar refractivity (Wildman–Crippen MR) is 123 cm³/mol. The molecule has 3 aromatic carbocycles. The second-order valence-electron chi connectivity index (χ2n) is 7.75. The average Bonchev–Trinajstić information content (AvgIpc) is 3.15. The van der Waals surface area contributed by atoms with E-state index < -0.39 is 24.0 Å². The number of ether oxygens (including phenoxy) is 1. The van der Waals surface area contributed by atoms with E-state index in [1.165, 1.54) is 0 Å². The maximum atomic E-state index is 12.7. The first-order valence-corrected chi connectivity index (χ1v) is 10.7. The molecule has 1 aliphatic carbocycles. The molecule has 1 atom stereocenters. The van der Waals surface area contributed by atoms with Crippen molar-refractivity contribution in [2.45, 2.75) is 18.4 Å². The summed E-state index contributed by atoms with van der Waals surface area (Å²) in [5.74, 6) is -1.62. The van der Waals surface area contributed by atoms with Crippen molar-refractivity contribution in [3.05, 3.63) is 95.6 Å². The summed E-state index contributed by atoms with van der Waals surface area (Å²) in [4.78, 5) is 36.1. The van der Waals surface area contributed by atoms with Gasteiger partial charge in [0.15, 0.2) is 0 Å². The van der Waals surface area contributed by atoms with E-state index in [1.807, 2.05) is 36.4 Å². The van der Waals surface area contributed by atoms with E-state index in [0.29, 0.717) is 5.56 Å². The van der Waals surface area contributed by atoms with Gasteiger partial charge in [0.05, 0.1) is 6.42 Å². The summed E-state index contributed by atoms with van der Waals surface area (Å²) in [6.45, 7) is 0.0892. The van der Waals surface area contributed by atoms with E-state index in [4.69, 9.17) is 9.84 Å². The smallest absolute Gasteiger partial charge is 0.408 e. The highest BCUT2D eigenvalue weighted by atomic mass is 16.5. The van der Waals surface area contributed by atoms with Gasteiger partial charge >= 0.3 is 12.1 Å². The Bertz CT molecular complexity index is 1120. The summed E-state index contributed by atoms with van der Waals surface area (Å²) in [6.07, 6.45) is -0.933. The zero-order chi connectivity index (χ0) is 23.2. The molecule has 1 aliphatic rings. The van der Waals surface area contributed by atoms with Crippen LogP contribution in [0.5, 0.6) is 0 Å². The third-order valence-electron chi connectivity index (χ3n) is 5.64. The zero-order valence-corrected chi connectivity index (χ0v) is 17.9. The van der Waals surface area contributed by atoms with E-state index in [2.05, 4.69) is 22.8 Å². The Morgan fingerprint density at radius 1 is 0.848 bits per heavy atom. The first-order chi connectivity index (χ1) is 16.0. The fraction of sp³-hybridized carbons (Fsp3) is 0.192. The van der Waals surface area contributed by atoms with Crippen molar-refractivity contribution in [1.82, 2.24) is 10.6 Å². The van der Waals surface area contributed by atoms with Crippen molar-refractivity contribution >= 4 is 18.0 Å². The molecule has 0 radical (unpaired) electrons. The van der Waals surface area contributed by atoms with Gasteiger partial charge in [-0.3, -0.25) is 9.59 Å². The van der Waals surface area contributed by atoms with E-state index >= 15 is 0 Å². The number of carboxylic acids is 1. The molecule has 0 spiro atoms. The maximum absolute atomic E-state index is 12.7. The van der Waals surface area contributed by atoms with Crippen LogP contribution in [0.1, 0.15) is 35.1 Å². The number of amides is 2. The highest BCUT2D eigenvalue weighted by Gasteiger charge is 2.30. The van der Waals surface area contributed by atoms with Gasteiger partial charge in [-0.15, -0.1) is 0 Å². The van der Waals surface area contributed by atoms with Gasteiger partial charge in [-0.25, -0.2) is 4.79 Å². The van der Waals surface area contributed by atoms with Crippen molar-refractivity contribution in [2.75, 3.05) is 13.2 Å². The standard InChI is InChI=1S/C26H24N2O5/c29-23(30)14-15-27-25(31)24(17-8-2-1-3-9-17)28-26(32)33-16-22-20-12-6-4-10-18(20)19-11-5-7-13-21(19)22/h1-13,22,24H,14-16H2,(H,27,31)(H,28,32)(H,29,30). The summed E-state index contributed by atoms with van der Waals surface area (Å²) >= 11 is 0. The highest BCUT2D eigenvalue weighted by molar-refractivity contribution is 5.87. The number of hydrogen-bond acceptors (Lipinski definition) is 4. The zero-order valence-electron chi connectivity index (χ0n) is 17.9. The number of nitrogens with one attached hydrogen (secondary N) is 2. The summed E-state index contributed by atoms with van der Waals surface area (Å²) in [6, 6.07) is 23.8. The lowest BCUT2D eigenvalue weighted by Crippen LogP contribution is -2.41. The molecule has 0 fully saturated rings. The minimum atomic E-state index is -1.02. The molecule has 7 nitrogen and oxygen atoms in total. The number of carboxylic acid groups (broad SMARTS) is 1. The van der Waals surface area contributed by atoms with Crippen molar-refractivity contribution in [2.24, 2.45) is 0 Å². The maximum Gasteiger partial charge on any atom is 0.408 e. The van der Waals surface area contributed by atoms with Crippen LogP contribution in [0.4, 0.5) is 4.79 Å². The van der Waals surface area contributed by atoms with Crippen LogP contribution in [0, 0.1) is 0 Å². The number of fused-ring (bicyclic) bond motifs is 3. The Balaban J connectivity index is 1.45. The molecule has 1 unspecified atom stereocenters. The Morgan fingerprint density at radius 2 is 1.42 bits per heavy atom. The van der Waals surface area contributed by atoms with E-state index in [9.17, 15) is 14.4 Å². The Hall–Kier alpha value is -4.13. The number of carbonyl (C=O) groups excluding carboxylic acids is 2. The molecule has 0 aliphatic heterocycles. The Morgan fingerprint density at radius 3 is 2.03 bits per heavy atom. The molecular formula is C26H24N2O5. The summed E-state index contributed by atoms with van der Waals surface area (Å²) in [7, 11) is 0. The van der Waals surface area contributed by atoms with Gasteiger partial charge in [0.25, 0.3) is 0 Å². The van der Waals surface area contributed by atoms with Crippen molar-refractivity contribution in [3.63, 3.8) is 0 Å². The SMILES string of the molecule is O=C(O)CCNC(=O)C(NC(=O)OCC1c2ccccc2-c2ccccc21)c1ccccc1. The van der Waals surface area contributed by atoms with Crippen molar-refractivity contribution < 1.29 is 24.2 Å². The third kappa shape index (κ3) is 5.03. The number of alkyl carbamates (subject to hydrolysis) is 1. The topological polar surface area (TPSA) is 105 Å². The number of rotatable bonds is 8. The number of carbonyl (C=O) groups is 3. The van der Waals surface area contributed by atoms with Crippen molar-refractivity contribution in [3.8, 4) is 11.1 Å². The molecule has 168 valence electrons. The van der Waals surface area contributed by atoms with Crippen LogP contribution < -0.4 is 10.6 Å². The summed E-state index contributed by atoms with van der Waals surface area (Å²) < 4.78 is 5.56. The fourth-order valence-corrected chi connectivity index (χ4v) is 4.10. The highest BCUT2D eigenvalue weighted by Crippen LogP contribution is 2.44. The Labute approximate surface area is 191 Å². The average molecular weight is 444 g/mol. The first-order valence-electron chi connectivity index (χ1n) is 10.7. The van der Waals surface area contributed by atoms with Crippen LogP contribution >= 0.6 is 0 Å². The van der Waals surface area contributed by atoms with Gasteiger partial charge in [-0.05, 0) is 27.8 Å². The number of hydrogen-bond donors (Lipinski definition) is 3. The van der Waals surface area contributed by atoms with Crippen LogP contribution in [0.15, 0.2) is 78.9 Å². The second kappa shape index (κ2) is 9.99. The lowest BCUT2D eigenvalue weighted by Gasteiger charge is -2.20. The molecule has 7 heteroatoms. The van der Waals surface area contributed by atoms with Gasteiger partial charge in [-0.1, -0.05) is 78.9 Å². The normalized spacial score (nSPS) is 12.8. The van der Waals surface area contributed by atoms with Gasteiger partial charge in [0.1, 0.15) is 12.6 Å². The number of benzene rings is 3. The molecule has 0 heterocycles. The molecule has 3 N–H and O–H groups in total. The predicted octanol–water partition coefficient (Wildman–Crippen LogP) is 3.86. The second-order valence-corrected chi connectivity index (χ2v) is 7.75. The molecule has 0 aromatic heterocycles. The van der Waals surface area contributed by atoms with Crippen LogP contribution in [0.2, 0.25) is 0 Å². The van der Waals surface area contributed by atoms with Crippen LogP contribution in [-0.2, 0) is 14.3 Å². The van der Waals surface area contributed by atoms with E-state index in [-0.39, 0.29) is 25.5 Å². The first kappa shape index (κ1) is 22.1. The summed E-state index contributed by atoms with van der Waals surface area (Å²) in [5, 5.41) is 14.0. The monoisotopic (exact) mass is 444 g/mol. The van der Waals surface area contributed by atoms with Crippen LogP contribution in [-0.4, -0.2) is 36.2 Å². The minimum Gasteiger partial charge on any atom is -0.481 e. The molecule has 0 bridgehead atoms. The molecule has 33 heavy (non-hydrogen) atoms. The number of aliphatic carboxylic acids is 1. The lowest BCUT2D eigenvalue weighted by molar-refractivity contribution is -0.137. The quantitative estimate of drug-likeness (QED) is 0.489. The van der Waals surface area contributed by atoms with E-state index in [0.717, 1.165) is 22.3 Å². The largest absolute Gasteiger partial charge is 0.481 e. The molecule has 0 saturated carbocycles. The summed E-state index contributed by atoms with van der Waals surface area (Å²) in [5.41, 5.74) is 5.01. The fourth-order valence-electron chi connectivity index (χ4n) is 4.10. The third-order valence-corrected chi connectivity index (χ3v) is 5.64.